The standard InChI is InChI=1S/C25H37N5O3/c31-14-4-13-30(18-19-5-2-1-3-6-19)25(32)29-23-8-7-20(21-16-27-28-17-21)15-24(23)33-22-9-11-26-12-10-22/h7-8,15-17,19,22,26,31H,1-6,9-14,18H2,(H,27,28)(H,29,32). The van der Waals surface area contributed by atoms with Crippen molar-refractivity contribution >= 4 is 11.7 Å². The van der Waals surface area contributed by atoms with Gasteiger partial charge in [-0.05, 0) is 68.8 Å². The molecule has 4 rings (SSSR count). The molecule has 33 heavy (non-hydrogen) atoms. The van der Waals surface area contributed by atoms with E-state index in [9.17, 15) is 9.90 Å². The SMILES string of the molecule is O=C(Nc1ccc(-c2cn[nH]c2)cc1OC1CCNCC1)N(CCCO)CC1CCCCC1. The van der Waals surface area contributed by atoms with Crippen LogP contribution in [-0.4, -0.2) is 65.1 Å². The lowest BCUT2D eigenvalue weighted by Crippen LogP contribution is -2.40. The number of piperidine rings is 1. The molecule has 0 atom stereocenters. The highest BCUT2D eigenvalue weighted by molar-refractivity contribution is 5.91. The van der Waals surface area contributed by atoms with Crippen molar-refractivity contribution in [1.82, 2.24) is 20.4 Å². The first-order valence-corrected chi connectivity index (χ1v) is 12.4. The van der Waals surface area contributed by atoms with Crippen molar-refractivity contribution in [3.63, 3.8) is 0 Å². The predicted molar refractivity (Wildman–Crippen MR) is 129 cm³/mol. The molecule has 1 aromatic heterocycles. The van der Waals surface area contributed by atoms with Crippen molar-refractivity contribution < 1.29 is 14.6 Å². The summed E-state index contributed by atoms with van der Waals surface area (Å²) in [4.78, 5) is 15.2. The Kier molecular flexibility index (Phi) is 8.60. The zero-order chi connectivity index (χ0) is 22.9. The zero-order valence-electron chi connectivity index (χ0n) is 19.4. The van der Waals surface area contributed by atoms with E-state index in [0.29, 0.717) is 30.3 Å². The van der Waals surface area contributed by atoms with Gasteiger partial charge in [-0.25, -0.2) is 4.79 Å². The van der Waals surface area contributed by atoms with Gasteiger partial charge >= 0.3 is 6.03 Å². The van der Waals surface area contributed by atoms with Crippen LogP contribution < -0.4 is 15.4 Å². The summed E-state index contributed by atoms with van der Waals surface area (Å²) in [7, 11) is 0. The van der Waals surface area contributed by atoms with E-state index in [2.05, 4.69) is 20.8 Å². The first-order valence-electron chi connectivity index (χ1n) is 12.4. The van der Waals surface area contributed by atoms with E-state index in [-0.39, 0.29) is 18.7 Å². The van der Waals surface area contributed by atoms with Crippen molar-refractivity contribution in [3.8, 4) is 16.9 Å². The number of aliphatic hydroxyl groups is 1. The Morgan fingerprint density at radius 3 is 2.70 bits per heavy atom. The number of ether oxygens (including phenoxy) is 1. The number of rotatable bonds is 9. The average Bonchev–Trinajstić information content (AvgIpc) is 3.39. The quantitative estimate of drug-likeness (QED) is 0.458. The monoisotopic (exact) mass is 455 g/mol. The van der Waals surface area contributed by atoms with Gasteiger partial charge in [0, 0.05) is 31.5 Å². The van der Waals surface area contributed by atoms with Gasteiger partial charge in [-0.15, -0.1) is 0 Å². The number of carbonyl (C=O) groups excluding carboxylic acids is 1. The van der Waals surface area contributed by atoms with Crippen LogP contribution in [0.1, 0.15) is 51.4 Å². The van der Waals surface area contributed by atoms with Gasteiger partial charge in [0.15, 0.2) is 0 Å². The van der Waals surface area contributed by atoms with Crippen molar-refractivity contribution in [2.24, 2.45) is 5.92 Å². The highest BCUT2D eigenvalue weighted by Gasteiger charge is 2.23. The fraction of sp³-hybridized carbons (Fsp3) is 0.600. The Hall–Kier alpha value is -2.58. The van der Waals surface area contributed by atoms with Crippen LogP contribution in [0.4, 0.5) is 10.5 Å². The molecule has 8 heteroatoms. The molecule has 1 aliphatic carbocycles. The van der Waals surface area contributed by atoms with Crippen molar-refractivity contribution in [2.75, 3.05) is 38.1 Å². The lowest BCUT2D eigenvalue weighted by atomic mass is 9.89. The molecule has 2 amide bonds. The van der Waals surface area contributed by atoms with Crippen LogP contribution >= 0.6 is 0 Å². The highest BCUT2D eigenvalue weighted by Crippen LogP contribution is 2.33. The number of aromatic amines is 1. The van der Waals surface area contributed by atoms with Gasteiger partial charge in [-0.2, -0.15) is 5.10 Å². The Morgan fingerprint density at radius 2 is 1.97 bits per heavy atom. The number of hydrogen-bond donors (Lipinski definition) is 4. The molecule has 0 unspecified atom stereocenters. The fourth-order valence-corrected chi connectivity index (χ4v) is 4.82. The van der Waals surface area contributed by atoms with Crippen LogP contribution in [-0.2, 0) is 0 Å². The summed E-state index contributed by atoms with van der Waals surface area (Å²) in [6.45, 7) is 3.24. The second-order valence-electron chi connectivity index (χ2n) is 9.22. The number of nitrogens with one attached hydrogen (secondary N) is 3. The summed E-state index contributed by atoms with van der Waals surface area (Å²) >= 11 is 0. The number of aromatic nitrogens is 2. The number of benzene rings is 1. The molecule has 4 N–H and O–H groups in total. The van der Waals surface area contributed by atoms with Crippen LogP contribution in [0, 0.1) is 5.92 Å². The van der Waals surface area contributed by atoms with Gasteiger partial charge in [-0.1, -0.05) is 25.3 Å². The molecule has 180 valence electrons. The predicted octanol–water partition coefficient (Wildman–Crippen LogP) is 4.00. The Morgan fingerprint density at radius 1 is 1.15 bits per heavy atom. The molecule has 8 nitrogen and oxygen atoms in total. The van der Waals surface area contributed by atoms with Crippen LogP contribution in [0.25, 0.3) is 11.1 Å². The number of H-pyrrole nitrogens is 1. The molecular weight excluding hydrogens is 418 g/mol. The van der Waals surface area contributed by atoms with Crippen molar-refractivity contribution in [3.05, 3.63) is 30.6 Å². The number of carbonyl (C=O) groups is 1. The van der Waals surface area contributed by atoms with Crippen LogP contribution in [0.3, 0.4) is 0 Å². The van der Waals surface area contributed by atoms with E-state index in [1.54, 1.807) is 6.20 Å². The summed E-state index contributed by atoms with van der Waals surface area (Å²) in [6.07, 6.45) is 12.3. The minimum Gasteiger partial charge on any atom is -0.488 e. The third-order valence-corrected chi connectivity index (χ3v) is 6.71. The molecule has 1 saturated heterocycles. The van der Waals surface area contributed by atoms with E-state index in [1.165, 1.54) is 32.1 Å². The van der Waals surface area contributed by atoms with E-state index in [1.807, 2.05) is 29.3 Å². The highest BCUT2D eigenvalue weighted by atomic mass is 16.5. The smallest absolute Gasteiger partial charge is 0.321 e. The molecular formula is C25H37N5O3. The maximum Gasteiger partial charge on any atom is 0.321 e. The first kappa shape index (κ1) is 23.6. The third-order valence-electron chi connectivity index (χ3n) is 6.71. The number of anilines is 1. The van der Waals surface area contributed by atoms with Crippen LogP contribution in [0.15, 0.2) is 30.6 Å². The second kappa shape index (κ2) is 12.0. The van der Waals surface area contributed by atoms with Crippen molar-refractivity contribution in [2.45, 2.75) is 57.5 Å². The molecule has 1 aromatic carbocycles. The normalized spacial score (nSPS) is 17.6. The molecule has 2 aromatic rings. The molecule has 2 fully saturated rings. The van der Waals surface area contributed by atoms with Gasteiger partial charge in [0.25, 0.3) is 0 Å². The van der Waals surface area contributed by atoms with E-state index in [0.717, 1.165) is 43.6 Å². The maximum atomic E-state index is 13.3. The Labute approximate surface area is 196 Å². The van der Waals surface area contributed by atoms with Gasteiger partial charge in [0.2, 0.25) is 0 Å². The van der Waals surface area contributed by atoms with Gasteiger partial charge in [0.1, 0.15) is 11.9 Å². The molecule has 2 aliphatic rings. The van der Waals surface area contributed by atoms with Gasteiger partial charge in [0.05, 0.1) is 11.9 Å². The summed E-state index contributed by atoms with van der Waals surface area (Å²) in [5.74, 6) is 1.23. The topological polar surface area (TPSA) is 103 Å². The summed E-state index contributed by atoms with van der Waals surface area (Å²) < 4.78 is 6.39. The molecule has 0 spiro atoms. The van der Waals surface area contributed by atoms with Crippen LogP contribution in [0.2, 0.25) is 0 Å². The average molecular weight is 456 g/mol. The lowest BCUT2D eigenvalue weighted by Gasteiger charge is -2.30. The number of nitrogens with zero attached hydrogens (tertiary/aromatic N) is 2. The number of aliphatic hydroxyl groups excluding tert-OH is 1. The largest absolute Gasteiger partial charge is 0.488 e. The number of hydrogen-bond acceptors (Lipinski definition) is 5. The zero-order valence-corrected chi connectivity index (χ0v) is 19.4. The van der Waals surface area contributed by atoms with Crippen LogP contribution in [0.5, 0.6) is 5.75 Å². The van der Waals surface area contributed by atoms with E-state index in [4.69, 9.17) is 4.74 Å². The van der Waals surface area contributed by atoms with Gasteiger partial charge < -0.3 is 25.4 Å². The molecule has 0 radical (unpaired) electrons. The summed E-state index contributed by atoms with van der Waals surface area (Å²) in [6, 6.07) is 5.76. The molecule has 0 bridgehead atoms. The lowest BCUT2D eigenvalue weighted by molar-refractivity contribution is 0.162. The van der Waals surface area contributed by atoms with Gasteiger partial charge in [-0.3, -0.25) is 5.10 Å². The summed E-state index contributed by atoms with van der Waals surface area (Å²) in [5, 5.41) is 22.7. The van der Waals surface area contributed by atoms with E-state index < -0.39 is 0 Å². The third kappa shape index (κ3) is 6.71. The molecule has 1 aliphatic heterocycles. The Bertz CT molecular complexity index is 861. The minimum atomic E-state index is -0.125. The Balaban J connectivity index is 1.51. The van der Waals surface area contributed by atoms with E-state index >= 15 is 0 Å². The number of amides is 2. The summed E-state index contributed by atoms with van der Waals surface area (Å²) in [5.41, 5.74) is 2.65. The first-order chi connectivity index (χ1) is 16.2. The molecule has 2 heterocycles. The van der Waals surface area contributed by atoms with Crippen molar-refractivity contribution in [1.29, 1.82) is 0 Å². The minimum absolute atomic E-state index is 0.0813. The fourth-order valence-electron chi connectivity index (χ4n) is 4.82. The second-order valence-corrected chi connectivity index (χ2v) is 9.22. The maximum absolute atomic E-state index is 13.3. The molecule has 1 saturated carbocycles. The number of urea groups is 1.